The monoisotopic (exact) mass is 468 g/mol. The lowest BCUT2D eigenvalue weighted by Gasteiger charge is -2.32. The van der Waals surface area contributed by atoms with E-state index in [1.807, 2.05) is 0 Å². The van der Waals surface area contributed by atoms with Crippen LogP contribution in [0.2, 0.25) is 0 Å². The van der Waals surface area contributed by atoms with E-state index in [0.29, 0.717) is 6.54 Å². The minimum atomic E-state index is 0. The van der Waals surface area contributed by atoms with Crippen molar-refractivity contribution in [3.05, 3.63) is 16.1 Å². The van der Waals surface area contributed by atoms with Gasteiger partial charge in [-0.25, -0.2) is 9.98 Å². The highest BCUT2D eigenvalue weighted by molar-refractivity contribution is 14.0. The van der Waals surface area contributed by atoms with Gasteiger partial charge in [-0.15, -0.1) is 35.3 Å². The molecule has 0 spiro atoms. The van der Waals surface area contributed by atoms with Gasteiger partial charge in [0.15, 0.2) is 5.96 Å². The summed E-state index contributed by atoms with van der Waals surface area (Å²) >= 11 is 1.70. The molecule has 3 N–H and O–H groups in total. The van der Waals surface area contributed by atoms with Crippen molar-refractivity contribution < 1.29 is 5.11 Å². The molecular formula is C17H33IN4OS. The molecule has 0 aliphatic heterocycles. The van der Waals surface area contributed by atoms with Crippen molar-refractivity contribution in [1.29, 1.82) is 0 Å². The zero-order valence-electron chi connectivity index (χ0n) is 15.4. The summed E-state index contributed by atoms with van der Waals surface area (Å²) in [4.78, 5) is 9.19. The number of aliphatic hydroxyl groups is 1. The highest BCUT2D eigenvalue weighted by Gasteiger charge is 2.25. The molecule has 0 saturated carbocycles. The fourth-order valence-electron chi connectivity index (χ4n) is 2.54. The number of aryl methyl sites for hydroxylation is 1. The molecule has 0 fully saturated rings. The van der Waals surface area contributed by atoms with Crippen molar-refractivity contribution in [3.63, 3.8) is 0 Å². The summed E-state index contributed by atoms with van der Waals surface area (Å²) in [6, 6.07) is 0. The molecule has 7 heteroatoms. The van der Waals surface area contributed by atoms with Crippen LogP contribution in [0, 0.1) is 5.41 Å². The number of hydrogen-bond donors (Lipinski definition) is 3. The summed E-state index contributed by atoms with van der Waals surface area (Å²) in [6.45, 7) is 11.0. The molecule has 5 nitrogen and oxygen atoms in total. The molecule has 1 heterocycles. The van der Waals surface area contributed by atoms with Crippen LogP contribution in [-0.4, -0.2) is 35.7 Å². The van der Waals surface area contributed by atoms with Crippen LogP contribution in [-0.2, 0) is 13.0 Å². The minimum Gasteiger partial charge on any atom is -0.396 e. The molecule has 0 aliphatic carbocycles. The largest absolute Gasteiger partial charge is 0.396 e. The van der Waals surface area contributed by atoms with Crippen LogP contribution in [0.4, 0.5) is 0 Å². The molecule has 0 atom stereocenters. The van der Waals surface area contributed by atoms with E-state index in [4.69, 9.17) is 0 Å². The van der Waals surface area contributed by atoms with E-state index in [-0.39, 0.29) is 36.0 Å². The van der Waals surface area contributed by atoms with Gasteiger partial charge in [-0.05, 0) is 38.0 Å². The summed E-state index contributed by atoms with van der Waals surface area (Å²) in [5, 5.41) is 19.3. The standard InChI is InChI=1S/C17H32N4OS.HI/c1-5-15-21-14(12-23-15)11-19-16(18-8-4)20-13-17(6-2,7-3)9-10-22;/h12,22H,5-11,13H2,1-4H3,(H2,18,19,20);1H. The van der Waals surface area contributed by atoms with Crippen LogP contribution in [0.5, 0.6) is 0 Å². The molecule has 1 aromatic heterocycles. The molecule has 0 saturated heterocycles. The van der Waals surface area contributed by atoms with Crippen molar-refractivity contribution in [2.45, 2.75) is 59.9 Å². The van der Waals surface area contributed by atoms with Gasteiger partial charge in [0.1, 0.15) is 0 Å². The number of nitrogens with zero attached hydrogens (tertiary/aromatic N) is 2. The maximum absolute atomic E-state index is 9.33. The van der Waals surface area contributed by atoms with E-state index in [1.54, 1.807) is 11.3 Å². The predicted molar refractivity (Wildman–Crippen MR) is 114 cm³/mol. The van der Waals surface area contributed by atoms with E-state index < -0.39 is 0 Å². The lowest BCUT2D eigenvalue weighted by molar-refractivity contribution is 0.169. The Morgan fingerprint density at radius 1 is 1.25 bits per heavy atom. The summed E-state index contributed by atoms with van der Waals surface area (Å²) in [6.07, 6.45) is 3.88. The number of rotatable bonds is 10. The zero-order chi connectivity index (χ0) is 17.1. The minimum absolute atomic E-state index is 0. The second-order valence-corrected chi connectivity index (χ2v) is 6.76. The number of thiazole rings is 1. The Morgan fingerprint density at radius 3 is 2.46 bits per heavy atom. The highest BCUT2D eigenvalue weighted by Crippen LogP contribution is 2.29. The molecule has 0 unspecified atom stereocenters. The fourth-order valence-corrected chi connectivity index (χ4v) is 3.27. The molecule has 0 amide bonds. The number of guanidine groups is 1. The highest BCUT2D eigenvalue weighted by atomic mass is 127. The van der Waals surface area contributed by atoms with Crippen molar-refractivity contribution in [2.24, 2.45) is 10.4 Å². The van der Waals surface area contributed by atoms with Gasteiger partial charge in [-0.3, -0.25) is 0 Å². The lowest BCUT2D eigenvalue weighted by atomic mass is 9.79. The van der Waals surface area contributed by atoms with Gasteiger partial charge in [0.05, 0.1) is 17.2 Å². The van der Waals surface area contributed by atoms with Gasteiger partial charge < -0.3 is 15.7 Å². The Bertz CT molecular complexity index is 475. The first-order chi connectivity index (χ1) is 11.1. The van der Waals surface area contributed by atoms with Crippen LogP contribution in [0.25, 0.3) is 0 Å². The van der Waals surface area contributed by atoms with Crippen LogP contribution in [0.3, 0.4) is 0 Å². The van der Waals surface area contributed by atoms with Crippen molar-refractivity contribution >= 4 is 41.3 Å². The number of hydrogen-bond acceptors (Lipinski definition) is 4. The summed E-state index contributed by atoms with van der Waals surface area (Å²) in [5.74, 6) is 0.822. The smallest absolute Gasteiger partial charge is 0.191 e. The van der Waals surface area contributed by atoms with E-state index in [9.17, 15) is 5.11 Å². The Labute approximate surface area is 167 Å². The molecule has 0 aliphatic rings. The molecule has 1 aromatic rings. The maximum Gasteiger partial charge on any atom is 0.191 e. The number of halogens is 1. The first kappa shape index (κ1) is 23.6. The van der Waals surface area contributed by atoms with Gasteiger partial charge in [0.25, 0.3) is 0 Å². The SMILES string of the molecule is CCNC(=NCc1csc(CC)n1)NCC(CC)(CC)CCO.I. The van der Waals surface area contributed by atoms with Gasteiger partial charge in [0.2, 0.25) is 0 Å². The number of aliphatic hydroxyl groups excluding tert-OH is 1. The fraction of sp³-hybridized carbons (Fsp3) is 0.765. The predicted octanol–water partition coefficient (Wildman–Crippen LogP) is 3.57. The molecule has 0 radical (unpaired) electrons. The number of nitrogens with one attached hydrogen (secondary N) is 2. The second-order valence-electron chi connectivity index (χ2n) is 5.82. The third kappa shape index (κ3) is 7.65. The van der Waals surface area contributed by atoms with Crippen molar-refractivity contribution in [3.8, 4) is 0 Å². The van der Waals surface area contributed by atoms with Gasteiger partial charge in [0, 0.05) is 25.1 Å². The van der Waals surface area contributed by atoms with Gasteiger partial charge in [-0.1, -0.05) is 20.8 Å². The molecular weight excluding hydrogens is 435 g/mol. The summed E-state index contributed by atoms with van der Waals surface area (Å²) in [7, 11) is 0. The average molecular weight is 468 g/mol. The summed E-state index contributed by atoms with van der Waals surface area (Å²) in [5.41, 5.74) is 1.15. The van der Waals surface area contributed by atoms with Gasteiger partial charge >= 0.3 is 0 Å². The van der Waals surface area contributed by atoms with E-state index in [2.05, 4.69) is 53.7 Å². The molecule has 24 heavy (non-hydrogen) atoms. The van der Waals surface area contributed by atoms with Crippen molar-refractivity contribution in [2.75, 3.05) is 19.7 Å². The topological polar surface area (TPSA) is 69.5 Å². The van der Waals surface area contributed by atoms with E-state index in [0.717, 1.165) is 55.4 Å². The van der Waals surface area contributed by atoms with Crippen LogP contribution < -0.4 is 10.6 Å². The Balaban J connectivity index is 0.00000529. The Kier molecular flexibility index (Phi) is 12.7. The van der Waals surface area contributed by atoms with Crippen molar-refractivity contribution in [1.82, 2.24) is 15.6 Å². The number of aliphatic imine (C=N–C) groups is 1. The van der Waals surface area contributed by atoms with Gasteiger partial charge in [-0.2, -0.15) is 0 Å². The third-order valence-electron chi connectivity index (χ3n) is 4.42. The maximum atomic E-state index is 9.33. The Morgan fingerprint density at radius 2 is 1.96 bits per heavy atom. The van der Waals surface area contributed by atoms with E-state index in [1.165, 1.54) is 0 Å². The zero-order valence-corrected chi connectivity index (χ0v) is 18.5. The normalized spacial score (nSPS) is 12.0. The first-order valence-corrected chi connectivity index (χ1v) is 9.57. The van der Waals surface area contributed by atoms with Crippen LogP contribution in [0.15, 0.2) is 10.4 Å². The average Bonchev–Trinajstić information content (AvgIpc) is 3.04. The second kappa shape index (κ2) is 12.9. The third-order valence-corrected chi connectivity index (χ3v) is 5.46. The van der Waals surface area contributed by atoms with E-state index >= 15 is 0 Å². The summed E-state index contributed by atoms with van der Waals surface area (Å²) < 4.78 is 0. The lowest BCUT2D eigenvalue weighted by Crippen LogP contribution is -2.43. The molecule has 140 valence electrons. The quantitative estimate of drug-likeness (QED) is 0.279. The van der Waals surface area contributed by atoms with Crippen LogP contribution >= 0.6 is 35.3 Å². The molecule has 1 rings (SSSR count). The molecule has 0 aromatic carbocycles. The molecule has 0 bridgehead atoms. The Hall–Kier alpha value is -0.410. The van der Waals surface area contributed by atoms with Crippen LogP contribution in [0.1, 0.15) is 57.7 Å². The first-order valence-electron chi connectivity index (χ1n) is 8.69. The number of aromatic nitrogens is 1.